The molecule has 0 aliphatic rings. The first-order chi connectivity index (χ1) is 9.69. The lowest BCUT2D eigenvalue weighted by Gasteiger charge is -2.22. The maximum Gasteiger partial charge on any atom is 0.331 e. The number of carbonyl (C=O) groups excluding carboxylic acids is 2. The summed E-state index contributed by atoms with van der Waals surface area (Å²) < 4.78 is 5.95. The second-order valence-electron chi connectivity index (χ2n) is 5.67. The van der Waals surface area contributed by atoms with Crippen LogP contribution in [0.25, 0.3) is 6.08 Å². The monoisotopic (exact) mass is 353 g/mol. The molecule has 0 aliphatic carbocycles. The summed E-state index contributed by atoms with van der Waals surface area (Å²) >= 11 is 3.39. The molecule has 0 spiro atoms. The molecule has 1 aromatic rings. The van der Waals surface area contributed by atoms with Gasteiger partial charge in [-0.1, -0.05) is 34.1 Å². The first-order valence-electron chi connectivity index (χ1n) is 6.64. The van der Waals surface area contributed by atoms with Gasteiger partial charge in [-0.2, -0.15) is 0 Å². The molecule has 0 aromatic heterocycles. The molecular formula is C16H20BrNO3. The number of nitrogens with one attached hydrogen (secondary N) is 1. The molecule has 1 atom stereocenters. The van der Waals surface area contributed by atoms with E-state index < -0.39 is 12.1 Å². The van der Waals surface area contributed by atoms with E-state index in [2.05, 4.69) is 21.2 Å². The molecule has 0 aliphatic heterocycles. The van der Waals surface area contributed by atoms with Crippen LogP contribution >= 0.6 is 15.9 Å². The van der Waals surface area contributed by atoms with Gasteiger partial charge in [-0.25, -0.2) is 4.79 Å². The van der Waals surface area contributed by atoms with E-state index in [4.69, 9.17) is 4.74 Å². The molecule has 5 heteroatoms. The highest BCUT2D eigenvalue weighted by Gasteiger charge is 2.21. The van der Waals surface area contributed by atoms with Crippen LogP contribution in [0.3, 0.4) is 0 Å². The van der Waals surface area contributed by atoms with Gasteiger partial charge in [0.1, 0.15) is 0 Å². The first kappa shape index (κ1) is 17.4. The lowest BCUT2D eigenvalue weighted by Crippen LogP contribution is -2.46. The third-order valence-electron chi connectivity index (χ3n) is 2.46. The highest BCUT2D eigenvalue weighted by atomic mass is 79.9. The second-order valence-corrected chi connectivity index (χ2v) is 6.53. The Kier molecular flexibility index (Phi) is 6.15. The van der Waals surface area contributed by atoms with Gasteiger partial charge in [0.05, 0.1) is 0 Å². The maximum absolute atomic E-state index is 11.8. The van der Waals surface area contributed by atoms with E-state index >= 15 is 0 Å². The van der Waals surface area contributed by atoms with Crippen LogP contribution in [0.2, 0.25) is 0 Å². The van der Waals surface area contributed by atoms with Crippen molar-refractivity contribution in [2.45, 2.75) is 39.3 Å². The summed E-state index contributed by atoms with van der Waals surface area (Å²) in [6.45, 7) is 7.15. The van der Waals surface area contributed by atoms with E-state index in [1.807, 2.05) is 45.0 Å². The van der Waals surface area contributed by atoms with Crippen LogP contribution in [-0.2, 0) is 14.3 Å². The van der Waals surface area contributed by atoms with E-state index in [1.165, 1.54) is 6.08 Å². The van der Waals surface area contributed by atoms with Gasteiger partial charge in [-0.3, -0.25) is 4.79 Å². The van der Waals surface area contributed by atoms with Crippen molar-refractivity contribution in [3.05, 3.63) is 40.4 Å². The smallest absolute Gasteiger partial charge is 0.331 e. The van der Waals surface area contributed by atoms with Crippen LogP contribution in [-0.4, -0.2) is 23.5 Å². The van der Waals surface area contributed by atoms with Crippen LogP contribution in [0.4, 0.5) is 0 Å². The Morgan fingerprint density at radius 1 is 1.29 bits per heavy atom. The Morgan fingerprint density at radius 2 is 1.90 bits per heavy atom. The zero-order valence-corrected chi connectivity index (χ0v) is 14.2. The molecule has 1 aromatic carbocycles. The number of rotatable bonds is 4. The van der Waals surface area contributed by atoms with Crippen molar-refractivity contribution in [1.29, 1.82) is 0 Å². The highest BCUT2D eigenvalue weighted by Crippen LogP contribution is 2.17. The fraction of sp³-hybridized carbons (Fsp3) is 0.375. The lowest BCUT2D eigenvalue weighted by molar-refractivity contribution is -0.150. The van der Waals surface area contributed by atoms with Crippen molar-refractivity contribution >= 4 is 33.9 Å². The Bertz CT molecular complexity index is 547. The Balaban J connectivity index is 2.58. The topological polar surface area (TPSA) is 55.4 Å². The average molecular weight is 354 g/mol. The van der Waals surface area contributed by atoms with E-state index in [0.29, 0.717) is 0 Å². The van der Waals surface area contributed by atoms with E-state index in [-0.39, 0.29) is 11.4 Å². The fourth-order valence-electron chi connectivity index (χ4n) is 1.51. The van der Waals surface area contributed by atoms with Gasteiger partial charge in [0, 0.05) is 16.1 Å². The van der Waals surface area contributed by atoms with Crippen LogP contribution in [0.5, 0.6) is 0 Å². The number of benzene rings is 1. The molecule has 1 rings (SSSR count). The molecule has 1 N–H and O–H groups in total. The van der Waals surface area contributed by atoms with E-state index in [0.717, 1.165) is 10.0 Å². The number of ether oxygens (including phenoxy) is 1. The summed E-state index contributed by atoms with van der Waals surface area (Å²) in [7, 11) is 0. The predicted molar refractivity (Wildman–Crippen MR) is 86.6 cm³/mol. The summed E-state index contributed by atoms with van der Waals surface area (Å²) in [5.41, 5.74) is 0.504. The molecule has 1 amide bonds. The van der Waals surface area contributed by atoms with Crippen molar-refractivity contribution < 1.29 is 14.3 Å². The fourth-order valence-corrected chi connectivity index (χ4v) is 1.92. The lowest BCUT2D eigenvalue weighted by atomic mass is 10.1. The molecule has 0 saturated heterocycles. The number of carbonyl (C=O) groups is 2. The molecule has 0 heterocycles. The average Bonchev–Trinajstić information content (AvgIpc) is 2.35. The van der Waals surface area contributed by atoms with E-state index in [9.17, 15) is 9.59 Å². The Morgan fingerprint density at radius 3 is 2.48 bits per heavy atom. The number of hydrogen-bond acceptors (Lipinski definition) is 3. The molecule has 0 radical (unpaired) electrons. The Hall–Kier alpha value is -1.62. The molecule has 0 fully saturated rings. The zero-order valence-electron chi connectivity index (χ0n) is 12.6. The van der Waals surface area contributed by atoms with Crippen LogP contribution in [0.1, 0.15) is 33.3 Å². The number of amides is 1. The third-order valence-corrected chi connectivity index (χ3v) is 3.19. The molecule has 4 nitrogen and oxygen atoms in total. The number of hydrogen-bond donors (Lipinski definition) is 1. The van der Waals surface area contributed by atoms with Gasteiger partial charge < -0.3 is 10.1 Å². The minimum absolute atomic E-state index is 0.315. The minimum Gasteiger partial charge on any atom is -0.449 e. The quantitative estimate of drug-likeness (QED) is 0.667. The van der Waals surface area contributed by atoms with Crippen LogP contribution in [0.15, 0.2) is 34.8 Å². The largest absolute Gasteiger partial charge is 0.449 e. The maximum atomic E-state index is 11.8. The molecule has 0 unspecified atom stereocenters. The van der Waals surface area contributed by atoms with Gasteiger partial charge in [-0.15, -0.1) is 0 Å². The standard InChI is InChI=1S/C16H20BrNO3/c1-11(15(20)18-16(2,3)4)21-14(19)10-9-12-7-5-6-8-13(12)17/h5-11H,1-4H3,(H,18,20)/b10-9+/t11-/m0/s1. The zero-order chi connectivity index (χ0) is 16.0. The second kappa shape index (κ2) is 7.41. The van der Waals surface area contributed by atoms with Crippen LogP contribution < -0.4 is 5.32 Å². The summed E-state index contributed by atoms with van der Waals surface area (Å²) in [6, 6.07) is 7.50. The minimum atomic E-state index is -0.833. The van der Waals surface area contributed by atoms with Gasteiger partial charge in [0.2, 0.25) is 0 Å². The molecule has 0 bridgehead atoms. The van der Waals surface area contributed by atoms with Crippen molar-refractivity contribution in [1.82, 2.24) is 5.32 Å². The van der Waals surface area contributed by atoms with Crippen molar-refractivity contribution in [3.63, 3.8) is 0 Å². The van der Waals surface area contributed by atoms with Crippen molar-refractivity contribution in [2.24, 2.45) is 0 Å². The highest BCUT2D eigenvalue weighted by molar-refractivity contribution is 9.10. The summed E-state index contributed by atoms with van der Waals surface area (Å²) in [5.74, 6) is -0.868. The molecule has 21 heavy (non-hydrogen) atoms. The van der Waals surface area contributed by atoms with Gasteiger partial charge in [0.15, 0.2) is 6.10 Å². The molecule has 0 saturated carbocycles. The SMILES string of the molecule is C[C@H](OC(=O)/C=C/c1ccccc1Br)C(=O)NC(C)(C)C. The summed E-state index contributed by atoms with van der Waals surface area (Å²) in [4.78, 5) is 23.5. The van der Waals surface area contributed by atoms with Gasteiger partial charge in [-0.05, 0) is 45.4 Å². The van der Waals surface area contributed by atoms with Crippen molar-refractivity contribution in [2.75, 3.05) is 0 Å². The molecule has 114 valence electrons. The van der Waals surface area contributed by atoms with Crippen molar-refractivity contribution in [3.8, 4) is 0 Å². The summed E-state index contributed by atoms with van der Waals surface area (Å²) in [5, 5.41) is 2.76. The predicted octanol–water partition coefficient (Wildman–Crippen LogP) is 3.31. The number of halogens is 1. The van der Waals surface area contributed by atoms with Gasteiger partial charge >= 0.3 is 5.97 Å². The molecular weight excluding hydrogens is 334 g/mol. The number of esters is 1. The van der Waals surface area contributed by atoms with E-state index in [1.54, 1.807) is 13.0 Å². The first-order valence-corrected chi connectivity index (χ1v) is 7.43. The van der Waals surface area contributed by atoms with Crippen LogP contribution in [0, 0.1) is 0 Å². The normalized spacial score (nSPS) is 13.0. The third kappa shape index (κ3) is 6.58. The summed E-state index contributed by atoms with van der Waals surface area (Å²) in [6.07, 6.45) is 2.11. The van der Waals surface area contributed by atoms with Gasteiger partial charge in [0.25, 0.3) is 5.91 Å². The Labute approximate surface area is 133 Å².